The van der Waals surface area contributed by atoms with Gasteiger partial charge in [0.25, 0.3) is 0 Å². The Balaban J connectivity index is 1.92. The topological polar surface area (TPSA) is 59.8 Å². The summed E-state index contributed by atoms with van der Waals surface area (Å²) in [5.41, 5.74) is -1.01. The molecule has 1 aromatic carbocycles. The predicted octanol–water partition coefficient (Wildman–Crippen LogP) is 3.67. The van der Waals surface area contributed by atoms with E-state index in [1.165, 1.54) is 6.26 Å². The van der Waals surface area contributed by atoms with Crippen LogP contribution in [0, 0.1) is 0 Å². The lowest BCUT2D eigenvalue weighted by atomic mass is 10.2. The Morgan fingerprint density at radius 2 is 2.00 bits per heavy atom. The fraction of sp³-hybridized carbons (Fsp3) is 0.412. The van der Waals surface area contributed by atoms with Gasteiger partial charge in [-0.15, -0.1) is 0 Å². The van der Waals surface area contributed by atoms with Crippen LogP contribution in [0.2, 0.25) is 0 Å². The van der Waals surface area contributed by atoms with Crippen LogP contribution in [-0.2, 0) is 27.5 Å². The largest absolute Gasteiger partial charge is 0.468 e. The molecule has 9 heteroatoms. The van der Waals surface area contributed by atoms with Crippen LogP contribution in [0.5, 0.6) is 0 Å². The van der Waals surface area contributed by atoms with Crippen molar-refractivity contribution in [2.45, 2.75) is 36.6 Å². The fourth-order valence-corrected chi connectivity index (χ4v) is 4.31. The molecule has 0 N–H and O–H groups in total. The van der Waals surface area contributed by atoms with Crippen molar-refractivity contribution < 1.29 is 30.7 Å². The van der Waals surface area contributed by atoms with Crippen molar-refractivity contribution in [2.24, 2.45) is 0 Å². The second-order valence-corrected chi connectivity index (χ2v) is 7.98. The predicted molar refractivity (Wildman–Crippen MR) is 86.7 cm³/mol. The molecule has 1 aliphatic heterocycles. The molecule has 0 aliphatic carbocycles. The van der Waals surface area contributed by atoms with Crippen LogP contribution in [0.25, 0.3) is 0 Å². The van der Waals surface area contributed by atoms with E-state index in [-0.39, 0.29) is 19.2 Å². The number of furan rings is 1. The van der Waals surface area contributed by atoms with Gasteiger partial charge in [-0.05, 0) is 43.2 Å². The lowest BCUT2D eigenvalue weighted by Crippen LogP contribution is -2.37. The minimum Gasteiger partial charge on any atom is -0.468 e. The van der Waals surface area contributed by atoms with Gasteiger partial charge in [0, 0.05) is 13.2 Å². The zero-order valence-electron chi connectivity index (χ0n) is 13.8. The highest BCUT2D eigenvalue weighted by Gasteiger charge is 2.34. The molecule has 1 fully saturated rings. The van der Waals surface area contributed by atoms with Gasteiger partial charge >= 0.3 is 6.18 Å². The summed E-state index contributed by atoms with van der Waals surface area (Å²) in [5, 5.41) is 0. The third-order valence-electron chi connectivity index (χ3n) is 4.14. The van der Waals surface area contributed by atoms with Gasteiger partial charge in [0.05, 0.1) is 29.4 Å². The molecule has 0 spiro atoms. The van der Waals surface area contributed by atoms with Crippen LogP contribution >= 0.6 is 0 Å². The Labute approximate surface area is 149 Å². The lowest BCUT2D eigenvalue weighted by molar-refractivity contribution is -0.137. The maximum atomic E-state index is 13.0. The molecule has 142 valence electrons. The summed E-state index contributed by atoms with van der Waals surface area (Å²) in [6.07, 6.45) is -1.97. The summed E-state index contributed by atoms with van der Waals surface area (Å²) in [7, 11) is -4.15. The summed E-state index contributed by atoms with van der Waals surface area (Å²) in [6.45, 7) is 0.521. The first kappa shape index (κ1) is 18.9. The SMILES string of the molecule is O=S(=O)(c1cccc(C(F)(F)F)c1)N(Cc1ccco1)C[C@H]1CCCO1. The van der Waals surface area contributed by atoms with Crippen molar-refractivity contribution in [1.82, 2.24) is 4.31 Å². The molecule has 1 aromatic heterocycles. The maximum Gasteiger partial charge on any atom is 0.416 e. The van der Waals surface area contributed by atoms with E-state index >= 15 is 0 Å². The molecule has 0 radical (unpaired) electrons. The van der Waals surface area contributed by atoms with Gasteiger partial charge in [-0.3, -0.25) is 0 Å². The third-order valence-corrected chi connectivity index (χ3v) is 5.95. The Kier molecular flexibility index (Phi) is 5.40. The molecule has 1 saturated heterocycles. The van der Waals surface area contributed by atoms with E-state index in [1.54, 1.807) is 12.1 Å². The summed E-state index contributed by atoms with van der Waals surface area (Å²) in [5.74, 6) is 0.401. The molecular formula is C17H18F3NO4S. The average Bonchev–Trinajstić information content (AvgIpc) is 3.27. The van der Waals surface area contributed by atoms with Gasteiger partial charge < -0.3 is 9.15 Å². The number of halogens is 3. The van der Waals surface area contributed by atoms with Crippen LogP contribution in [0.15, 0.2) is 52.0 Å². The number of nitrogens with zero attached hydrogens (tertiary/aromatic N) is 1. The Bertz CT molecular complexity index is 828. The summed E-state index contributed by atoms with van der Waals surface area (Å²) >= 11 is 0. The van der Waals surface area contributed by atoms with E-state index in [4.69, 9.17) is 9.15 Å². The van der Waals surface area contributed by atoms with Crippen molar-refractivity contribution in [3.63, 3.8) is 0 Å². The second-order valence-electron chi connectivity index (χ2n) is 6.04. The van der Waals surface area contributed by atoms with Crippen LogP contribution in [0.3, 0.4) is 0 Å². The first-order valence-corrected chi connectivity index (χ1v) is 9.52. The number of benzene rings is 1. The van der Waals surface area contributed by atoms with Gasteiger partial charge in [-0.2, -0.15) is 17.5 Å². The Hall–Kier alpha value is -1.84. The van der Waals surface area contributed by atoms with Crippen molar-refractivity contribution in [2.75, 3.05) is 13.2 Å². The summed E-state index contributed by atoms with van der Waals surface area (Å²) < 4.78 is 76.6. The van der Waals surface area contributed by atoms with E-state index in [0.29, 0.717) is 24.9 Å². The number of sulfonamides is 1. The Morgan fingerprint density at radius 3 is 2.62 bits per heavy atom. The highest BCUT2D eigenvalue weighted by molar-refractivity contribution is 7.89. The number of hydrogen-bond donors (Lipinski definition) is 0. The molecule has 1 atom stereocenters. The molecule has 0 saturated carbocycles. The van der Waals surface area contributed by atoms with Crippen molar-refractivity contribution in [3.05, 3.63) is 54.0 Å². The van der Waals surface area contributed by atoms with Crippen molar-refractivity contribution in [1.29, 1.82) is 0 Å². The number of ether oxygens (including phenoxy) is 1. The monoisotopic (exact) mass is 389 g/mol. The minimum absolute atomic E-state index is 0.0548. The minimum atomic E-state index is -4.62. The average molecular weight is 389 g/mol. The molecule has 0 unspecified atom stereocenters. The molecule has 5 nitrogen and oxygen atoms in total. The molecule has 2 aromatic rings. The van der Waals surface area contributed by atoms with Gasteiger partial charge in [0.1, 0.15) is 5.76 Å². The second kappa shape index (κ2) is 7.42. The molecule has 0 bridgehead atoms. The smallest absolute Gasteiger partial charge is 0.416 e. The molecule has 26 heavy (non-hydrogen) atoms. The Morgan fingerprint density at radius 1 is 1.19 bits per heavy atom. The van der Waals surface area contributed by atoms with Gasteiger partial charge in [-0.1, -0.05) is 6.07 Å². The zero-order valence-corrected chi connectivity index (χ0v) is 14.6. The zero-order chi connectivity index (χ0) is 18.8. The molecule has 0 amide bonds. The standard InChI is InChI=1S/C17H18F3NO4S/c18-17(19,20)13-4-1-7-16(10-13)26(22,23)21(11-14-5-2-8-24-14)12-15-6-3-9-25-15/h1-2,4-5,7-8,10,15H,3,6,9,11-12H2/t15-/m1/s1. The van der Waals surface area contributed by atoms with E-state index < -0.39 is 26.7 Å². The quantitative estimate of drug-likeness (QED) is 0.756. The van der Waals surface area contributed by atoms with Crippen molar-refractivity contribution in [3.8, 4) is 0 Å². The van der Waals surface area contributed by atoms with E-state index in [0.717, 1.165) is 28.9 Å². The first-order chi connectivity index (χ1) is 12.3. The number of rotatable bonds is 6. The van der Waals surface area contributed by atoms with E-state index in [9.17, 15) is 21.6 Å². The fourth-order valence-electron chi connectivity index (χ4n) is 2.82. The maximum absolute atomic E-state index is 13.0. The number of alkyl halides is 3. The van der Waals surface area contributed by atoms with E-state index in [2.05, 4.69) is 0 Å². The highest BCUT2D eigenvalue weighted by atomic mass is 32.2. The van der Waals surface area contributed by atoms with Crippen LogP contribution in [-0.4, -0.2) is 32.0 Å². The third kappa shape index (κ3) is 4.28. The number of hydrogen-bond acceptors (Lipinski definition) is 4. The van der Waals surface area contributed by atoms with Gasteiger partial charge in [0.2, 0.25) is 10.0 Å². The highest BCUT2D eigenvalue weighted by Crippen LogP contribution is 2.31. The van der Waals surface area contributed by atoms with E-state index in [1.807, 2.05) is 0 Å². The van der Waals surface area contributed by atoms with Crippen LogP contribution < -0.4 is 0 Å². The van der Waals surface area contributed by atoms with Crippen LogP contribution in [0.1, 0.15) is 24.2 Å². The van der Waals surface area contributed by atoms with Gasteiger partial charge in [0.15, 0.2) is 0 Å². The molecule has 1 aliphatic rings. The molecule has 3 rings (SSSR count). The van der Waals surface area contributed by atoms with Gasteiger partial charge in [-0.25, -0.2) is 8.42 Å². The summed E-state index contributed by atoms with van der Waals surface area (Å²) in [6, 6.07) is 6.98. The lowest BCUT2D eigenvalue weighted by Gasteiger charge is -2.24. The first-order valence-electron chi connectivity index (χ1n) is 8.08. The normalized spacial score (nSPS) is 18.5. The molecular weight excluding hydrogens is 371 g/mol. The summed E-state index contributed by atoms with van der Waals surface area (Å²) in [4.78, 5) is -0.406. The van der Waals surface area contributed by atoms with Crippen LogP contribution in [0.4, 0.5) is 13.2 Å². The van der Waals surface area contributed by atoms with Crippen molar-refractivity contribution >= 4 is 10.0 Å². The molecule has 2 heterocycles.